The van der Waals surface area contributed by atoms with Crippen LogP contribution < -0.4 is 20.3 Å². The van der Waals surface area contributed by atoms with Gasteiger partial charge in [-0.3, -0.25) is 4.79 Å². The van der Waals surface area contributed by atoms with E-state index in [1.54, 1.807) is 17.9 Å². The first-order valence-electron chi connectivity index (χ1n) is 10.8. The van der Waals surface area contributed by atoms with E-state index in [-0.39, 0.29) is 11.8 Å². The summed E-state index contributed by atoms with van der Waals surface area (Å²) in [7, 11) is 0. The monoisotopic (exact) mass is 468 g/mol. The third-order valence-corrected chi connectivity index (χ3v) is 5.78. The van der Waals surface area contributed by atoms with Crippen molar-refractivity contribution < 1.29 is 18.8 Å². The van der Waals surface area contributed by atoms with Crippen molar-refractivity contribution >= 4 is 34.9 Å². The van der Waals surface area contributed by atoms with Gasteiger partial charge >= 0.3 is 6.03 Å². The summed E-state index contributed by atoms with van der Waals surface area (Å²) in [5.41, 5.74) is 2.41. The van der Waals surface area contributed by atoms with E-state index in [1.165, 1.54) is 0 Å². The molecule has 1 saturated heterocycles. The number of benzene rings is 2. The maximum absolute atomic E-state index is 12.6. The van der Waals surface area contributed by atoms with Crippen LogP contribution >= 0.6 is 11.6 Å². The number of rotatable bonds is 7. The molecule has 3 aromatic rings. The van der Waals surface area contributed by atoms with Gasteiger partial charge in [0.05, 0.1) is 11.6 Å². The molecule has 2 aromatic carbocycles. The molecule has 4 rings (SSSR count). The summed E-state index contributed by atoms with van der Waals surface area (Å²) in [4.78, 5) is 26.8. The average Bonchev–Trinajstić information content (AvgIpc) is 3.36. The highest BCUT2D eigenvalue weighted by Crippen LogP contribution is 2.34. The van der Waals surface area contributed by atoms with Crippen LogP contribution in [0, 0.1) is 12.8 Å². The molecule has 0 radical (unpaired) electrons. The molecule has 0 bridgehead atoms. The number of hydrogen-bond donors (Lipinski definition) is 2. The number of nitrogens with zero attached hydrogens (tertiary/aromatic N) is 2. The van der Waals surface area contributed by atoms with Crippen LogP contribution in [-0.4, -0.2) is 36.8 Å². The van der Waals surface area contributed by atoms with Gasteiger partial charge in [0.25, 0.3) is 0 Å². The van der Waals surface area contributed by atoms with Gasteiger partial charge in [0.15, 0.2) is 5.76 Å². The summed E-state index contributed by atoms with van der Waals surface area (Å²) >= 11 is 6.27. The van der Waals surface area contributed by atoms with Crippen molar-refractivity contribution in [1.29, 1.82) is 0 Å². The third kappa shape index (κ3) is 5.12. The summed E-state index contributed by atoms with van der Waals surface area (Å²) < 4.78 is 10.7. The summed E-state index contributed by atoms with van der Waals surface area (Å²) in [6.45, 7) is 5.12. The van der Waals surface area contributed by atoms with E-state index in [0.717, 1.165) is 11.4 Å². The lowest BCUT2D eigenvalue weighted by atomic mass is 10.1. The van der Waals surface area contributed by atoms with E-state index in [4.69, 9.17) is 20.9 Å². The van der Waals surface area contributed by atoms with Crippen LogP contribution in [0.1, 0.15) is 19.1 Å². The number of anilines is 2. The molecular formula is C24H25ClN4O4. The Hall–Kier alpha value is -3.52. The molecule has 2 N–H and O–H groups in total. The van der Waals surface area contributed by atoms with E-state index >= 15 is 0 Å². The Morgan fingerprint density at radius 1 is 1.24 bits per heavy atom. The predicted molar refractivity (Wildman–Crippen MR) is 127 cm³/mol. The Morgan fingerprint density at radius 3 is 2.73 bits per heavy atom. The average molecular weight is 469 g/mol. The second kappa shape index (κ2) is 9.95. The highest BCUT2D eigenvalue weighted by atomic mass is 35.5. The Labute approximate surface area is 196 Å². The Morgan fingerprint density at radius 2 is 2.00 bits per heavy atom. The number of aryl methyl sites for hydroxylation is 1. The maximum Gasteiger partial charge on any atom is 0.319 e. The number of urea groups is 1. The minimum absolute atomic E-state index is 0.00132. The first-order valence-corrected chi connectivity index (χ1v) is 11.1. The summed E-state index contributed by atoms with van der Waals surface area (Å²) in [6, 6.07) is 14.3. The highest BCUT2D eigenvalue weighted by Gasteiger charge is 2.31. The number of ether oxygens (including phenoxy) is 1. The Bertz CT molecular complexity index is 1150. The zero-order valence-electron chi connectivity index (χ0n) is 18.4. The van der Waals surface area contributed by atoms with Crippen molar-refractivity contribution in [1.82, 2.24) is 10.5 Å². The lowest BCUT2D eigenvalue weighted by molar-refractivity contribution is -0.117. The molecule has 9 heteroatoms. The highest BCUT2D eigenvalue weighted by molar-refractivity contribution is 6.33. The van der Waals surface area contributed by atoms with Crippen LogP contribution in [0.2, 0.25) is 5.02 Å². The van der Waals surface area contributed by atoms with Gasteiger partial charge in [-0.1, -0.05) is 35.0 Å². The number of hydrogen-bond acceptors (Lipinski definition) is 5. The zero-order valence-corrected chi connectivity index (χ0v) is 19.2. The van der Waals surface area contributed by atoms with Gasteiger partial charge < -0.3 is 24.8 Å². The molecule has 33 heavy (non-hydrogen) atoms. The van der Waals surface area contributed by atoms with Crippen molar-refractivity contribution in [2.24, 2.45) is 5.92 Å². The molecule has 1 atom stereocenters. The maximum atomic E-state index is 12.6. The van der Waals surface area contributed by atoms with Crippen molar-refractivity contribution in [3.63, 3.8) is 0 Å². The first-order chi connectivity index (χ1) is 16.0. The first kappa shape index (κ1) is 22.7. The number of amides is 3. The van der Waals surface area contributed by atoms with Crippen molar-refractivity contribution in [3.8, 4) is 17.0 Å². The molecule has 1 aromatic heterocycles. The second-order valence-electron chi connectivity index (χ2n) is 7.78. The normalized spacial score (nSPS) is 15.5. The standard InChI is InChI=1S/C24H25ClN4O4/c1-3-32-18-10-8-17(9-11-18)29-14-16(12-21(29)30)13-26-24(31)27-22-15(2)33-28-23(22)19-6-4-5-7-20(19)25/h4-11,16H,3,12-14H2,1-2H3,(H2,26,27,31). The summed E-state index contributed by atoms with van der Waals surface area (Å²) in [6.07, 6.45) is 0.366. The fraction of sp³-hybridized carbons (Fsp3) is 0.292. The molecule has 1 aliphatic rings. The molecule has 0 saturated carbocycles. The van der Waals surface area contributed by atoms with E-state index in [9.17, 15) is 9.59 Å². The molecule has 0 aliphatic carbocycles. The zero-order chi connectivity index (χ0) is 23.4. The van der Waals surface area contributed by atoms with Crippen LogP contribution in [0.5, 0.6) is 5.75 Å². The molecule has 8 nitrogen and oxygen atoms in total. The van der Waals surface area contributed by atoms with Crippen molar-refractivity contribution in [2.75, 3.05) is 29.9 Å². The smallest absolute Gasteiger partial charge is 0.319 e. The lowest BCUT2D eigenvalue weighted by Gasteiger charge is -2.17. The van der Waals surface area contributed by atoms with E-state index < -0.39 is 6.03 Å². The van der Waals surface area contributed by atoms with Crippen LogP contribution in [0.4, 0.5) is 16.2 Å². The van der Waals surface area contributed by atoms with Gasteiger partial charge in [-0.05, 0) is 44.2 Å². The van der Waals surface area contributed by atoms with E-state index in [2.05, 4.69) is 15.8 Å². The molecule has 1 unspecified atom stereocenters. The number of nitrogens with one attached hydrogen (secondary N) is 2. The van der Waals surface area contributed by atoms with Gasteiger partial charge in [0.2, 0.25) is 5.91 Å². The minimum Gasteiger partial charge on any atom is -0.494 e. The topological polar surface area (TPSA) is 96.7 Å². The SMILES string of the molecule is CCOc1ccc(N2CC(CNC(=O)Nc3c(-c4ccccc4Cl)noc3C)CC2=O)cc1. The summed E-state index contributed by atoms with van der Waals surface area (Å²) in [5.74, 6) is 1.27. The molecule has 1 aliphatic heterocycles. The van der Waals surface area contributed by atoms with Gasteiger partial charge in [0, 0.05) is 36.7 Å². The minimum atomic E-state index is -0.401. The number of halogens is 1. The third-order valence-electron chi connectivity index (χ3n) is 5.45. The van der Waals surface area contributed by atoms with E-state index in [0.29, 0.717) is 53.8 Å². The van der Waals surface area contributed by atoms with Crippen LogP contribution in [0.25, 0.3) is 11.3 Å². The Balaban J connectivity index is 1.35. The summed E-state index contributed by atoms with van der Waals surface area (Å²) in [5, 5.41) is 10.2. The second-order valence-corrected chi connectivity index (χ2v) is 8.19. The lowest BCUT2D eigenvalue weighted by Crippen LogP contribution is -2.34. The molecule has 172 valence electrons. The quantitative estimate of drug-likeness (QED) is 0.515. The van der Waals surface area contributed by atoms with Crippen molar-refractivity contribution in [2.45, 2.75) is 20.3 Å². The number of carbonyl (C=O) groups excluding carboxylic acids is 2. The van der Waals surface area contributed by atoms with Crippen LogP contribution in [0.15, 0.2) is 53.1 Å². The predicted octanol–water partition coefficient (Wildman–Crippen LogP) is 4.88. The fourth-order valence-corrected chi connectivity index (χ4v) is 4.03. The fourth-order valence-electron chi connectivity index (χ4n) is 3.81. The van der Waals surface area contributed by atoms with E-state index in [1.807, 2.05) is 49.4 Å². The molecule has 2 heterocycles. The van der Waals surface area contributed by atoms with Gasteiger partial charge in [-0.15, -0.1) is 0 Å². The Kier molecular flexibility index (Phi) is 6.84. The molecule has 3 amide bonds. The van der Waals surface area contributed by atoms with Gasteiger partial charge in [-0.2, -0.15) is 0 Å². The van der Waals surface area contributed by atoms with Gasteiger partial charge in [-0.25, -0.2) is 4.79 Å². The molecular weight excluding hydrogens is 444 g/mol. The number of carbonyl (C=O) groups is 2. The van der Waals surface area contributed by atoms with Crippen LogP contribution in [0.3, 0.4) is 0 Å². The molecule has 1 fully saturated rings. The number of aromatic nitrogens is 1. The van der Waals surface area contributed by atoms with Crippen LogP contribution in [-0.2, 0) is 4.79 Å². The largest absolute Gasteiger partial charge is 0.494 e. The molecule has 0 spiro atoms. The van der Waals surface area contributed by atoms with Gasteiger partial charge in [0.1, 0.15) is 17.1 Å². The van der Waals surface area contributed by atoms with Crippen molar-refractivity contribution in [3.05, 3.63) is 59.3 Å².